The topological polar surface area (TPSA) is 88.3 Å². The predicted octanol–water partition coefficient (Wildman–Crippen LogP) is 3.73. The lowest BCUT2D eigenvalue weighted by atomic mass is 10.1. The summed E-state index contributed by atoms with van der Waals surface area (Å²) in [5, 5.41) is 11.3. The van der Waals surface area contributed by atoms with E-state index in [0.29, 0.717) is 28.9 Å². The molecule has 0 aliphatic heterocycles. The summed E-state index contributed by atoms with van der Waals surface area (Å²) in [6, 6.07) is 14.6. The summed E-state index contributed by atoms with van der Waals surface area (Å²) in [6.07, 6.45) is 0.467. The number of amides is 2. The molecule has 0 fully saturated rings. The maximum Gasteiger partial charge on any atom is 0.247 e. The number of likely N-dealkylation sites (N-methyl/N-ethyl adjacent to an activating group) is 1. The Labute approximate surface area is 173 Å². The number of benzene rings is 2. The van der Waals surface area contributed by atoms with Crippen LogP contribution in [0.15, 0.2) is 52.9 Å². The third-order valence-electron chi connectivity index (χ3n) is 4.23. The molecule has 2 amide bonds. The van der Waals surface area contributed by atoms with Gasteiger partial charge in [-0.05, 0) is 37.3 Å². The first-order valence-corrected chi connectivity index (χ1v) is 9.47. The average Bonchev–Trinajstić information content (AvgIpc) is 3.15. The van der Waals surface area contributed by atoms with Crippen LogP contribution in [0.5, 0.6) is 0 Å². The van der Waals surface area contributed by atoms with Crippen LogP contribution in [0.25, 0.3) is 11.5 Å². The Morgan fingerprint density at radius 3 is 2.62 bits per heavy atom. The van der Waals surface area contributed by atoms with E-state index in [4.69, 9.17) is 16.0 Å². The number of aryl methyl sites for hydroxylation is 2. The van der Waals surface area contributed by atoms with Gasteiger partial charge in [0.15, 0.2) is 0 Å². The van der Waals surface area contributed by atoms with Crippen molar-refractivity contribution in [3.8, 4) is 11.5 Å². The minimum atomic E-state index is -0.303. The highest BCUT2D eigenvalue weighted by Gasteiger charge is 2.15. The van der Waals surface area contributed by atoms with Gasteiger partial charge >= 0.3 is 0 Å². The van der Waals surface area contributed by atoms with E-state index in [9.17, 15) is 9.59 Å². The molecule has 0 aliphatic carbocycles. The third kappa shape index (κ3) is 5.89. The van der Waals surface area contributed by atoms with E-state index in [1.165, 1.54) is 4.90 Å². The fourth-order valence-electron chi connectivity index (χ4n) is 2.64. The number of hydrogen-bond donors (Lipinski definition) is 1. The molecule has 7 nitrogen and oxygen atoms in total. The number of aromatic nitrogens is 2. The number of rotatable bonds is 7. The van der Waals surface area contributed by atoms with Crippen LogP contribution in [-0.4, -0.2) is 40.5 Å². The van der Waals surface area contributed by atoms with Crippen molar-refractivity contribution in [3.63, 3.8) is 0 Å². The standard InChI is InChI=1S/C21H21ClN4O3/c1-14-6-8-15(9-7-14)21-25-24-19(29-21)10-11-20(28)26(2)13-18(27)23-17-5-3-4-16(22)12-17/h3-9,12H,10-11,13H2,1-2H3,(H,23,27). The number of anilines is 1. The van der Waals surface area contributed by atoms with Crippen LogP contribution < -0.4 is 5.32 Å². The van der Waals surface area contributed by atoms with Crippen molar-refractivity contribution < 1.29 is 14.0 Å². The van der Waals surface area contributed by atoms with Gasteiger partial charge in [0, 0.05) is 36.2 Å². The SMILES string of the molecule is Cc1ccc(-c2nnc(CCC(=O)N(C)CC(=O)Nc3cccc(Cl)c3)o2)cc1. The monoisotopic (exact) mass is 412 g/mol. The number of hydrogen-bond acceptors (Lipinski definition) is 5. The predicted molar refractivity (Wildman–Crippen MR) is 111 cm³/mol. The van der Waals surface area contributed by atoms with Gasteiger partial charge in [0.05, 0.1) is 6.54 Å². The smallest absolute Gasteiger partial charge is 0.247 e. The number of carbonyl (C=O) groups is 2. The van der Waals surface area contributed by atoms with Crippen molar-refractivity contribution in [1.82, 2.24) is 15.1 Å². The molecule has 150 valence electrons. The molecule has 1 N–H and O–H groups in total. The van der Waals surface area contributed by atoms with Crippen LogP contribution in [-0.2, 0) is 16.0 Å². The Balaban J connectivity index is 1.48. The van der Waals surface area contributed by atoms with Gasteiger partial charge in [-0.1, -0.05) is 35.4 Å². The van der Waals surface area contributed by atoms with Crippen molar-refractivity contribution in [3.05, 3.63) is 65.0 Å². The highest BCUT2D eigenvalue weighted by atomic mass is 35.5. The van der Waals surface area contributed by atoms with Crippen molar-refractivity contribution in [2.45, 2.75) is 19.8 Å². The molecule has 0 aliphatic rings. The van der Waals surface area contributed by atoms with Crippen LogP contribution in [0.3, 0.4) is 0 Å². The number of nitrogens with one attached hydrogen (secondary N) is 1. The second-order valence-electron chi connectivity index (χ2n) is 6.68. The number of carbonyl (C=O) groups excluding carboxylic acids is 2. The van der Waals surface area contributed by atoms with Crippen LogP contribution in [0.1, 0.15) is 17.9 Å². The molecule has 0 bridgehead atoms. The van der Waals surface area contributed by atoms with Crippen LogP contribution in [0.4, 0.5) is 5.69 Å². The fraction of sp³-hybridized carbons (Fsp3) is 0.238. The van der Waals surface area contributed by atoms with Crippen LogP contribution in [0.2, 0.25) is 5.02 Å². The molecule has 3 aromatic rings. The zero-order valence-electron chi connectivity index (χ0n) is 16.2. The first kappa shape index (κ1) is 20.5. The summed E-state index contributed by atoms with van der Waals surface area (Å²) in [4.78, 5) is 25.8. The summed E-state index contributed by atoms with van der Waals surface area (Å²) < 4.78 is 5.63. The number of halogens is 1. The first-order valence-electron chi connectivity index (χ1n) is 9.09. The second kappa shape index (κ2) is 9.34. The fourth-order valence-corrected chi connectivity index (χ4v) is 2.83. The molecule has 8 heteroatoms. The van der Waals surface area contributed by atoms with E-state index >= 15 is 0 Å². The van der Waals surface area contributed by atoms with Gasteiger partial charge in [-0.2, -0.15) is 0 Å². The summed E-state index contributed by atoms with van der Waals surface area (Å²) in [5.41, 5.74) is 2.55. The molecule has 29 heavy (non-hydrogen) atoms. The van der Waals surface area contributed by atoms with E-state index in [1.54, 1.807) is 31.3 Å². The highest BCUT2D eigenvalue weighted by molar-refractivity contribution is 6.30. The van der Waals surface area contributed by atoms with Crippen LogP contribution >= 0.6 is 11.6 Å². The zero-order chi connectivity index (χ0) is 20.8. The van der Waals surface area contributed by atoms with Gasteiger partial charge in [-0.3, -0.25) is 9.59 Å². The van der Waals surface area contributed by atoms with Gasteiger partial charge in [0.25, 0.3) is 0 Å². The van der Waals surface area contributed by atoms with E-state index in [2.05, 4.69) is 15.5 Å². The molecule has 0 unspecified atom stereocenters. The second-order valence-corrected chi connectivity index (χ2v) is 7.11. The van der Waals surface area contributed by atoms with E-state index in [0.717, 1.165) is 11.1 Å². The third-order valence-corrected chi connectivity index (χ3v) is 4.47. The maximum absolute atomic E-state index is 12.3. The molecule has 0 saturated heterocycles. The van der Waals surface area contributed by atoms with Crippen LogP contribution in [0, 0.1) is 6.92 Å². The molecule has 2 aromatic carbocycles. The molecule has 0 saturated carbocycles. The Kier molecular flexibility index (Phi) is 6.61. The van der Waals surface area contributed by atoms with Gasteiger partial charge in [0.1, 0.15) is 0 Å². The lowest BCUT2D eigenvalue weighted by Crippen LogP contribution is -2.35. The maximum atomic E-state index is 12.3. The molecule has 0 atom stereocenters. The van der Waals surface area contributed by atoms with Gasteiger partial charge in [0.2, 0.25) is 23.6 Å². The molecule has 1 heterocycles. The largest absolute Gasteiger partial charge is 0.421 e. The van der Waals surface area contributed by atoms with Crippen molar-refractivity contribution in [2.24, 2.45) is 0 Å². The summed E-state index contributed by atoms with van der Waals surface area (Å²) in [5.74, 6) is 0.302. The van der Waals surface area contributed by atoms with Gasteiger partial charge in [-0.15, -0.1) is 10.2 Å². The van der Waals surface area contributed by atoms with E-state index in [1.807, 2.05) is 31.2 Å². The molecule has 0 spiro atoms. The Hall–Kier alpha value is -3.19. The van der Waals surface area contributed by atoms with E-state index in [-0.39, 0.29) is 24.8 Å². The quantitative estimate of drug-likeness (QED) is 0.638. The molecular weight excluding hydrogens is 392 g/mol. The average molecular weight is 413 g/mol. The summed E-state index contributed by atoms with van der Waals surface area (Å²) in [6.45, 7) is 1.93. The minimum absolute atomic E-state index is 0.0657. The molecule has 0 radical (unpaired) electrons. The van der Waals surface area contributed by atoms with Gasteiger partial charge in [-0.25, -0.2) is 0 Å². The normalized spacial score (nSPS) is 10.6. The number of nitrogens with zero attached hydrogens (tertiary/aromatic N) is 3. The van der Waals surface area contributed by atoms with Gasteiger partial charge < -0.3 is 14.6 Å². The van der Waals surface area contributed by atoms with E-state index < -0.39 is 0 Å². The van der Waals surface area contributed by atoms with Crippen molar-refractivity contribution in [1.29, 1.82) is 0 Å². The molecule has 3 rings (SSSR count). The minimum Gasteiger partial charge on any atom is -0.421 e. The zero-order valence-corrected chi connectivity index (χ0v) is 16.9. The molecular formula is C21H21ClN4O3. The summed E-state index contributed by atoms with van der Waals surface area (Å²) >= 11 is 5.90. The highest BCUT2D eigenvalue weighted by Crippen LogP contribution is 2.19. The lowest BCUT2D eigenvalue weighted by Gasteiger charge is -2.16. The summed E-state index contributed by atoms with van der Waals surface area (Å²) in [7, 11) is 1.57. The Morgan fingerprint density at radius 1 is 1.14 bits per heavy atom. The lowest BCUT2D eigenvalue weighted by molar-refractivity contribution is -0.133. The van der Waals surface area contributed by atoms with Crippen molar-refractivity contribution >= 4 is 29.1 Å². The Morgan fingerprint density at radius 2 is 1.90 bits per heavy atom. The first-order chi connectivity index (χ1) is 13.9. The Bertz CT molecular complexity index is 1000. The molecule has 1 aromatic heterocycles. The van der Waals surface area contributed by atoms with Crippen molar-refractivity contribution in [2.75, 3.05) is 18.9 Å².